The molecule has 0 saturated carbocycles. The zero-order chi connectivity index (χ0) is 18.8. The molecule has 3 aromatic rings. The number of hydrogen-bond donors (Lipinski definition) is 2. The first-order chi connectivity index (χ1) is 13.2. The number of aromatic amines is 1. The van der Waals surface area contributed by atoms with Gasteiger partial charge in [-0.15, -0.1) is 5.10 Å². The van der Waals surface area contributed by atoms with Gasteiger partial charge in [0.25, 0.3) is 0 Å². The molecule has 2 aromatic carbocycles. The number of benzene rings is 2. The summed E-state index contributed by atoms with van der Waals surface area (Å²) in [7, 11) is 0. The third-order valence-corrected chi connectivity index (χ3v) is 4.53. The molecule has 1 aliphatic rings. The van der Waals surface area contributed by atoms with Crippen LogP contribution in [0.1, 0.15) is 24.0 Å². The minimum atomic E-state index is -0.372. The Morgan fingerprint density at radius 2 is 1.93 bits per heavy atom. The summed E-state index contributed by atoms with van der Waals surface area (Å²) in [6.07, 6.45) is 0. The van der Waals surface area contributed by atoms with Crippen molar-refractivity contribution < 1.29 is 9.47 Å². The molecule has 6 heteroatoms. The van der Waals surface area contributed by atoms with Crippen LogP contribution < -0.4 is 15.2 Å². The van der Waals surface area contributed by atoms with E-state index in [1.54, 1.807) is 0 Å². The number of aromatic nitrogens is 2. The summed E-state index contributed by atoms with van der Waals surface area (Å²) < 4.78 is 11.1. The van der Waals surface area contributed by atoms with Crippen LogP contribution in [0.4, 0.5) is 0 Å². The maximum atomic E-state index is 9.73. The van der Waals surface area contributed by atoms with E-state index in [9.17, 15) is 5.26 Å². The topological polar surface area (TPSA) is 96.9 Å². The molecule has 134 valence electrons. The highest BCUT2D eigenvalue weighted by molar-refractivity contribution is 5.70. The van der Waals surface area contributed by atoms with E-state index in [1.807, 2.05) is 61.5 Å². The third-order valence-electron chi connectivity index (χ3n) is 4.53. The van der Waals surface area contributed by atoms with E-state index in [2.05, 4.69) is 16.3 Å². The van der Waals surface area contributed by atoms with Gasteiger partial charge in [0, 0.05) is 0 Å². The number of rotatable bonds is 4. The summed E-state index contributed by atoms with van der Waals surface area (Å²) in [5, 5.41) is 17.1. The Hall–Kier alpha value is -3.72. The van der Waals surface area contributed by atoms with Crippen molar-refractivity contribution in [3.8, 4) is 29.0 Å². The fourth-order valence-electron chi connectivity index (χ4n) is 3.33. The number of H-pyrrole nitrogens is 1. The van der Waals surface area contributed by atoms with E-state index in [4.69, 9.17) is 15.2 Å². The van der Waals surface area contributed by atoms with Crippen molar-refractivity contribution in [3.05, 3.63) is 77.2 Å². The summed E-state index contributed by atoms with van der Waals surface area (Å²) in [6, 6.07) is 19.7. The average molecular weight is 358 g/mol. The van der Waals surface area contributed by atoms with Crippen molar-refractivity contribution >= 4 is 0 Å². The lowest BCUT2D eigenvalue weighted by Crippen LogP contribution is -2.21. The Labute approximate surface area is 156 Å². The molecular weight excluding hydrogens is 340 g/mol. The molecule has 4 rings (SSSR count). The second kappa shape index (κ2) is 6.89. The predicted octanol–water partition coefficient (Wildman–Crippen LogP) is 3.69. The molecule has 0 bridgehead atoms. The molecule has 0 fully saturated rings. The van der Waals surface area contributed by atoms with Crippen molar-refractivity contribution in [2.45, 2.75) is 12.8 Å². The van der Waals surface area contributed by atoms with Crippen molar-refractivity contribution in [2.24, 2.45) is 5.73 Å². The summed E-state index contributed by atoms with van der Waals surface area (Å²) in [5.74, 6) is 0.877. The van der Waals surface area contributed by atoms with E-state index < -0.39 is 0 Å². The Balaban J connectivity index is 1.87. The van der Waals surface area contributed by atoms with Gasteiger partial charge in [0.2, 0.25) is 11.8 Å². The van der Waals surface area contributed by atoms with Crippen LogP contribution >= 0.6 is 0 Å². The number of nitriles is 1. The van der Waals surface area contributed by atoms with Crippen LogP contribution in [0, 0.1) is 11.3 Å². The summed E-state index contributed by atoms with van der Waals surface area (Å²) >= 11 is 0. The highest BCUT2D eigenvalue weighted by atomic mass is 16.5. The lowest BCUT2D eigenvalue weighted by molar-refractivity contribution is 0.340. The lowest BCUT2D eigenvalue weighted by Gasteiger charge is -2.24. The standard InChI is InChI=1S/C21H18N4O2/c1-2-26-15-10-8-13(9-11-15)17-16(12-22)20(23)27-21-18(17)19(24-25-21)14-6-4-3-5-7-14/h3-11,17H,2,23H2,1H3,(H,24,25)/t17-/m0/s1. The van der Waals surface area contributed by atoms with Crippen molar-refractivity contribution in [1.82, 2.24) is 10.2 Å². The first-order valence-corrected chi connectivity index (χ1v) is 8.67. The van der Waals surface area contributed by atoms with Crippen LogP contribution in [0.3, 0.4) is 0 Å². The average Bonchev–Trinajstić information content (AvgIpc) is 3.12. The number of nitrogens with zero attached hydrogens (tertiary/aromatic N) is 2. The second-order valence-corrected chi connectivity index (χ2v) is 6.11. The molecule has 27 heavy (non-hydrogen) atoms. The van der Waals surface area contributed by atoms with Gasteiger partial charge >= 0.3 is 0 Å². The molecule has 0 radical (unpaired) electrons. The van der Waals surface area contributed by atoms with Crippen molar-refractivity contribution in [2.75, 3.05) is 6.61 Å². The van der Waals surface area contributed by atoms with Gasteiger partial charge in [0.05, 0.1) is 23.8 Å². The number of hydrogen-bond acceptors (Lipinski definition) is 5. The van der Waals surface area contributed by atoms with Gasteiger partial charge in [-0.1, -0.05) is 42.5 Å². The van der Waals surface area contributed by atoms with E-state index in [0.29, 0.717) is 18.1 Å². The number of fused-ring (bicyclic) bond motifs is 1. The van der Waals surface area contributed by atoms with Crippen LogP contribution in [0.2, 0.25) is 0 Å². The molecule has 1 aromatic heterocycles. The summed E-state index contributed by atoms with van der Waals surface area (Å²) in [4.78, 5) is 0. The van der Waals surface area contributed by atoms with Gasteiger partial charge in [-0.25, -0.2) is 0 Å². The molecule has 2 heterocycles. The molecule has 1 atom stereocenters. The van der Waals surface area contributed by atoms with Crippen LogP contribution in [-0.2, 0) is 0 Å². The largest absolute Gasteiger partial charge is 0.494 e. The van der Waals surface area contributed by atoms with E-state index in [0.717, 1.165) is 28.1 Å². The first-order valence-electron chi connectivity index (χ1n) is 8.67. The molecule has 3 N–H and O–H groups in total. The molecular formula is C21H18N4O2. The Morgan fingerprint density at radius 1 is 1.19 bits per heavy atom. The fourth-order valence-corrected chi connectivity index (χ4v) is 3.33. The molecule has 1 aliphatic heterocycles. The predicted molar refractivity (Wildman–Crippen MR) is 101 cm³/mol. The molecule has 0 spiro atoms. The highest BCUT2D eigenvalue weighted by Crippen LogP contribution is 2.45. The van der Waals surface area contributed by atoms with E-state index in [-0.39, 0.29) is 11.8 Å². The summed E-state index contributed by atoms with van der Waals surface area (Å²) in [5.41, 5.74) is 9.87. The number of ether oxygens (including phenoxy) is 2. The summed E-state index contributed by atoms with van der Waals surface area (Å²) in [6.45, 7) is 2.53. The SMILES string of the molecule is CCOc1ccc([C@H]2C(C#N)=C(N)Oc3n[nH]c(-c4ccccc4)c32)cc1. The van der Waals surface area contributed by atoms with E-state index >= 15 is 0 Å². The third kappa shape index (κ3) is 2.89. The van der Waals surface area contributed by atoms with Crippen LogP contribution in [0.25, 0.3) is 11.3 Å². The normalized spacial score (nSPS) is 15.6. The number of nitrogens with two attached hydrogens (primary N) is 1. The van der Waals surface area contributed by atoms with Gasteiger partial charge in [-0.05, 0) is 30.2 Å². The minimum absolute atomic E-state index is 0.0787. The van der Waals surface area contributed by atoms with Crippen LogP contribution in [0.15, 0.2) is 66.1 Å². The van der Waals surface area contributed by atoms with E-state index in [1.165, 1.54) is 0 Å². The first kappa shape index (κ1) is 16.7. The molecule has 0 aliphatic carbocycles. The fraction of sp³-hybridized carbons (Fsp3) is 0.143. The maximum absolute atomic E-state index is 9.73. The van der Waals surface area contributed by atoms with Gasteiger partial charge < -0.3 is 15.2 Å². The Bertz CT molecular complexity index is 1030. The molecule has 0 saturated heterocycles. The van der Waals surface area contributed by atoms with Gasteiger partial charge in [0.1, 0.15) is 17.4 Å². The van der Waals surface area contributed by atoms with Crippen molar-refractivity contribution in [1.29, 1.82) is 5.26 Å². The maximum Gasteiger partial charge on any atom is 0.244 e. The Kier molecular flexibility index (Phi) is 4.27. The molecule has 6 nitrogen and oxygen atoms in total. The smallest absolute Gasteiger partial charge is 0.244 e. The number of nitrogens with one attached hydrogen (secondary N) is 1. The molecule has 0 amide bonds. The lowest BCUT2D eigenvalue weighted by atomic mass is 9.83. The quantitative estimate of drug-likeness (QED) is 0.741. The zero-order valence-corrected chi connectivity index (χ0v) is 14.8. The van der Waals surface area contributed by atoms with Gasteiger partial charge in [-0.2, -0.15) is 5.26 Å². The van der Waals surface area contributed by atoms with Gasteiger partial charge in [0.15, 0.2) is 0 Å². The van der Waals surface area contributed by atoms with Crippen molar-refractivity contribution in [3.63, 3.8) is 0 Å². The molecule has 0 unspecified atom stereocenters. The van der Waals surface area contributed by atoms with Crippen LogP contribution in [0.5, 0.6) is 11.6 Å². The highest BCUT2D eigenvalue weighted by Gasteiger charge is 2.35. The van der Waals surface area contributed by atoms with Gasteiger partial charge in [-0.3, -0.25) is 5.10 Å². The monoisotopic (exact) mass is 358 g/mol. The zero-order valence-electron chi connectivity index (χ0n) is 14.8. The van der Waals surface area contributed by atoms with Crippen LogP contribution in [-0.4, -0.2) is 16.8 Å². The number of allylic oxidation sites excluding steroid dienone is 1. The minimum Gasteiger partial charge on any atom is -0.494 e. The second-order valence-electron chi connectivity index (χ2n) is 6.11. The Morgan fingerprint density at radius 3 is 2.59 bits per heavy atom.